The lowest BCUT2D eigenvalue weighted by molar-refractivity contribution is -0.172. The maximum absolute atomic E-state index is 12.7. The van der Waals surface area contributed by atoms with E-state index in [0.29, 0.717) is 5.56 Å². The molecule has 0 amide bonds. The molecule has 0 N–H and O–H groups in total. The van der Waals surface area contributed by atoms with Crippen LogP contribution in [0, 0.1) is 12.8 Å². The molecule has 1 unspecified atom stereocenters. The molecule has 0 saturated heterocycles. The van der Waals surface area contributed by atoms with E-state index in [-0.39, 0.29) is 30.7 Å². The van der Waals surface area contributed by atoms with Gasteiger partial charge in [-0.3, -0.25) is 0 Å². The first-order valence-corrected chi connectivity index (χ1v) is 7.83. The van der Waals surface area contributed by atoms with Crippen molar-refractivity contribution in [1.82, 2.24) is 14.8 Å². The number of pyridine rings is 1. The number of halogens is 6. The average Bonchev–Trinajstić information content (AvgIpc) is 2.87. The summed E-state index contributed by atoms with van der Waals surface area (Å²) in [5.74, 6) is -1.78. The van der Waals surface area contributed by atoms with Gasteiger partial charge in [0.2, 0.25) is 17.6 Å². The quantitative estimate of drug-likeness (QED) is 0.651. The SMILES string of the molecule is Cc1cc(OCCC(C)C(F)(F)F)nc(Oc2cc(C(F)(F)F)nn2C)c1. The molecule has 0 radical (unpaired) electrons. The fourth-order valence-corrected chi connectivity index (χ4v) is 2.03. The van der Waals surface area contributed by atoms with Gasteiger partial charge in [0.25, 0.3) is 0 Å². The zero-order valence-corrected chi connectivity index (χ0v) is 14.6. The third-order valence-corrected chi connectivity index (χ3v) is 3.62. The van der Waals surface area contributed by atoms with Crippen LogP contribution in [0.1, 0.15) is 24.6 Å². The molecule has 0 bridgehead atoms. The molecule has 0 aliphatic carbocycles. The number of aryl methyl sites for hydroxylation is 2. The molecule has 0 fully saturated rings. The normalized spacial score (nSPS) is 13.5. The summed E-state index contributed by atoms with van der Waals surface area (Å²) in [7, 11) is 1.27. The molecule has 0 aliphatic heterocycles. The van der Waals surface area contributed by atoms with Crippen LogP contribution in [0.4, 0.5) is 26.3 Å². The van der Waals surface area contributed by atoms with Gasteiger partial charge in [0, 0.05) is 25.2 Å². The number of alkyl halides is 6. The molecular formula is C16H17F6N3O2. The minimum atomic E-state index is -4.62. The van der Waals surface area contributed by atoms with Gasteiger partial charge < -0.3 is 9.47 Å². The van der Waals surface area contributed by atoms with E-state index in [4.69, 9.17) is 9.47 Å². The van der Waals surface area contributed by atoms with Gasteiger partial charge >= 0.3 is 12.4 Å². The Bertz CT molecular complexity index is 785. The number of hydrogen-bond donors (Lipinski definition) is 0. The Labute approximate surface area is 150 Å². The first kappa shape index (κ1) is 20.8. The van der Waals surface area contributed by atoms with Crippen molar-refractivity contribution in [1.29, 1.82) is 0 Å². The van der Waals surface area contributed by atoms with Crippen molar-refractivity contribution in [2.75, 3.05) is 6.61 Å². The van der Waals surface area contributed by atoms with Crippen LogP contribution in [0.3, 0.4) is 0 Å². The van der Waals surface area contributed by atoms with E-state index in [1.54, 1.807) is 6.92 Å². The number of aromatic nitrogens is 3. The Morgan fingerprint density at radius 3 is 2.26 bits per heavy atom. The minimum absolute atomic E-state index is 0.0117. The molecule has 0 saturated carbocycles. The monoisotopic (exact) mass is 397 g/mol. The lowest BCUT2D eigenvalue weighted by atomic mass is 10.1. The molecule has 0 spiro atoms. The van der Waals surface area contributed by atoms with E-state index in [2.05, 4.69) is 10.1 Å². The highest BCUT2D eigenvalue weighted by Crippen LogP contribution is 2.32. The number of ether oxygens (including phenoxy) is 2. The Morgan fingerprint density at radius 2 is 1.70 bits per heavy atom. The van der Waals surface area contributed by atoms with Crippen molar-refractivity contribution in [3.63, 3.8) is 0 Å². The fraction of sp³-hybridized carbons (Fsp3) is 0.500. The van der Waals surface area contributed by atoms with Gasteiger partial charge in [-0.25, -0.2) is 4.68 Å². The number of hydrogen-bond acceptors (Lipinski definition) is 4. The summed E-state index contributed by atoms with van der Waals surface area (Å²) in [6.07, 6.45) is -9.19. The van der Waals surface area contributed by atoms with E-state index in [0.717, 1.165) is 17.7 Å². The topological polar surface area (TPSA) is 49.2 Å². The van der Waals surface area contributed by atoms with Crippen LogP contribution in [0.15, 0.2) is 18.2 Å². The Morgan fingerprint density at radius 1 is 1.07 bits per heavy atom. The second kappa shape index (κ2) is 7.65. The average molecular weight is 397 g/mol. The predicted octanol–water partition coefficient (Wildman–Crippen LogP) is 4.90. The Kier molecular flexibility index (Phi) is 5.91. The maximum atomic E-state index is 12.7. The maximum Gasteiger partial charge on any atom is 0.435 e. The molecule has 2 heterocycles. The van der Waals surface area contributed by atoms with Crippen molar-refractivity contribution in [3.05, 3.63) is 29.5 Å². The van der Waals surface area contributed by atoms with Crippen molar-refractivity contribution >= 4 is 0 Å². The van der Waals surface area contributed by atoms with Crippen molar-refractivity contribution in [2.45, 2.75) is 32.6 Å². The third-order valence-electron chi connectivity index (χ3n) is 3.62. The molecule has 2 aromatic heterocycles. The molecule has 2 rings (SSSR count). The van der Waals surface area contributed by atoms with Crippen molar-refractivity contribution in [2.24, 2.45) is 13.0 Å². The summed E-state index contributed by atoms with van der Waals surface area (Å²) in [6.45, 7) is 2.48. The van der Waals surface area contributed by atoms with Crippen LogP contribution < -0.4 is 9.47 Å². The molecule has 5 nitrogen and oxygen atoms in total. The summed E-state index contributed by atoms with van der Waals surface area (Å²) in [5.41, 5.74) is -0.512. The van der Waals surface area contributed by atoms with Crippen LogP contribution in [0.25, 0.3) is 0 Å². The second-order valence-electron chi connectivity index (χ2n) is 5.99. The lowest BCUT2D eigenvalue weighted by Gasteiger charge is -2.15. The largest absolute Gasteiger partial charge is 0.478 e. The minimum Gasteiger partial charge on any atom is -0.478 e. The highest BCUT2D eigenvalue weighted by Gasteiger charge is 2.36. The molecular weight excluding hydrogens is 380 g/mol. The third kappa shape index (κ3) is 5.76. The van der Waals surface area contributed by atoms with Gasteiger partial charge in [0.1, 0.15) is 0 Å². The number of nitrogens with zero attached hydrogens (tertiary/aromatic N) is 3. The van der Waals surface area contributed by atoms with E-state index < -0.39 is 24.0 Å². The van der Waals surface area contributed by atoms with Gasteiger partial charge in [0.05, 0.1) is 12.5 Å². The van der Waals surface area contributed by atoms with E-state index >= 15 is 0 Å². The van der Waals surface area contributed by atoms with Crippen molar-refractivity contribution in [3.8, 4) is 17.6 Å². The van der Waals surface area contributed by atoms with E-state index in [1.807, 2.05) is 0 Å². The fourth-order valence-electron chi connectivity index (χ4n) is 2.03. The summed E-state index contributed by atoms with van der Waals surface area (Å²) < 4.78 is 87.0. The van der Waals surface area contributed by atoms with Crippen LogP contribution in [0.2, 0.25) is 0 Å². The standard InChI is InChI=1S/C16H17F6N3O2/c1-9-6-12(26-5-4-10(2)15(17,18)19)23-13(7-9)27-14-8-11(16(20,21)22)24-25(14)3/h6-8,10H,4-5H2,1-3H3. The first-order valence-electron chi connectivity index (χ1n) is 7.83. The van der Waals surface area contributed by atoms with Crippen LogP contribution in [-0.4, -0.2) is 27.5 Å². The van der Waals surface area contributed by atoms with Gasteiger partial charge in [-0.15, -0.1) is 0 Å². The van der Waals surface area contributed by atoms with Gasteiger partial charge in [-0.05, 0) is 18.9 Å². The summed E-state index contributed by atoms with van der Waals surface area (Å²) >= 11 is 0. The summed E-state index contributed by atoms with van der Waals surface area (Å²) in [4.78, 5) is 3.95. The zero-order valence-electron chi connectivity index (χ0n) is 14.6. The molecule has 2 aromatic rings. The molecule has 0 aromatic carbocycles. The first-order chi connectivity index (χ1) is 12.4. The van der Waals surface area contributed by atoms with Crippen LogP contribution in [0.5, 0.6) is 17.6 Å². The lowest BCUT2D eigenvalue weighted by Crippen LogP contribution is -2.21. The summed E-state index contributed by atoms with van der Waals surface area (Å²) in [6, 6.07) is 3.65. The molecule has 150 valence electrons. The zero-order chi connectivity index (χ0) is 20.4. The Balaban J connectivity index is 2.08. The molecule has 1 atom stereocenters. The van der Waals surface area contributed by atoms with Crippen molar-refractivity contribution < 1.29 is 35.8 Å². The van der Waals surface area contributed by atoms with Gasteiger partial charge in [0.15, 0.2) is 5.69 Å². The van der Waals surface area contributed by atoms with E-state index in [1.165, 1.54) is 19.2 Å². The van der Waals surface area contributed by atoms with Gasteiger partial charge in [-0.1, -0.05) is 6.92 Å². The predicted molar refractivity (Wildman–Crippen MR) is 82.6 cm³/mol. The van der Waals surface area contributed by atoms with Gasteiger partial charge in [-0.2, -0.15) is 36.4 Å². The smallest absolute Gasteiger partial charge is 0.435 e. The Hall–Kier alpha value is -2.46. The van der Waals surface area contributed by atoms with Crippen LogP contribution in [-0.2, 0) is 13.2 Å². The molecule has 11 heteroatoms. The second-order valence-corrected chi connectivity index (χ2v) is 5.99. The molecule has 0 aliphatic rings. The van der Waals surface area contributed by atoms with E-state index in [9.17, 15) is 26.3 Å². The highest BCUT2D eigenvalue weighted by atomic mass is 19.4. The highest BCUT2D eigenvalue weighted by molar-refractivity contribution is 5.30. The van der Waals surface area contributed by atoms with Crippen LogP contribution >= 0.6 is 0 Å². The summed E-state index contributed by atoms with van der Waals surface area (Å²) in [5, 5.41) is 3.32. The number of rotatable bonds is 6. The molecule has 27 heavy (non-hydrogen) atoms.